The van der Waals surface area contributed by atoms with Crippen molar-refractivity contribution in [2.75, 3.05) is 16.4 Å². The number of anilines is 2. The summed E-state index contributed by atoms with van der Waals surface area (Å²) in [6.45, 7) is 4.12. The highest BCUT2D eigenvalue weighted by Crippen LogP contribution is 2.28. The summed E-state index contributed by atoms with van der Waals surface area (Å²) in [4.78, 5) is 35.1. The van der Waals surface area contributed by atoms with E-state index in [9.17, 15) is 19.7 Å². The number of aromatic nitrogens is 2. The van der Waals surface area contributed by atoms with Gasteiger partial charge in [-0.05, 0) is 49.1 Å². The van der Waals surface area contributed by atoms with E-state index in [1.54, 1.807) is 0 Å². The summed E-state index contributed by atoms with van der Waals surface area (Å²) < 4.78 is 0.499. The van der Waals surface area contributed by atoms with Crippen LogP contribution in [0.1, 0.15) is 41.3 Å². The molecular weight excluding hydrogens is 498 g/mol. The Bertz CT molecular complexity index is 1220. The number of carbonyl (C=O) groups is 2. The Labute approximate surface area is 209 Å². The first-order valence-electron chi connectivity index (χ1n) is 10.4. The molecule has 1 aromatic heterocycles. The predicted molar refractivity (Wildman–Crippen MR) is 135 cm³/mol. The molecule has 178 valence electrons. The molecule has 9 nitrogen and oxygen atoms in total. The van der Waals surface area contributed by atoms with Gasteiger partial charge in [-0.3, -0.25) is 25.0 Å². The van der Waals surface area contributed by atoms with Crippen molar-refractivity contribution < 1.29 is 14.5 Å². The molecule has 0 atom stereocenters. The average Bonchev–Trinajstić information content (AvgIpc) is 3.25. The summed E-state index contributed by atoms with van der Waals surface area (Å²) in [7, 11) is 0. The van der Waals surface area contributed by atoms with Crippen LogP contribution < -0.4 is 10.6 Å². The number of unbranched alkanes of at least 4 members (excludes halogenated alkanes) is 1. The van der Waals surface area contributed by atoms with Gasteiger partial charge < -0.3 is 5.32 Å². The second-order valence-electron chi connectivity index (χ2n) is 7.34. The zero-order valence-corrected chi connectivity index (χ0v) is 20.9. The van der Waals surface area contributed by atoms with E-state index < -0.39 is 10.8 Å². The van der Waals surface area contributed by atoms with E-state index in [0.29, 0.717) is 4.34 Å². The molecule has 0 fully saturated rings. The Balaban J connectivity index is 1.53. The highest BCUT2D eigenvalue weighted by molar-refractivity contribution is 8.01. The Morgan fingerprint density at radius 1 is 1.18 bits per heavy atom. The summed E-state index contributed by atoms with van der Waals surface area (Å²) in [6.07, 6.45) is 3.29. The number of thioether (sulfide) groups is 1. The average molecular weight is 520 g/mol. The number of hydrogen-bond donors (Lipinski definition) is 2. The molecule has 2 N–H and O–H groups in total. The van der Waals surface area contributed by atoms with Gasteiger partial charge >= 0.3 is 0 Å². The van der Waals surface area contributed by atoms with Crippen molar-refractivity contribution >= 4 is 63.0 Å². The van der Waals surface area contributed by atoms with Gasteiger partial charge in [0.15, 0.2) is 4.34 Å². The maximum atomic E-state index is 12.4. The number of amides is 2. The summed E-state index contributed by atoms with van der Waals surface area (Å²) in [6, 6.07) is 9.80. The Kier molecular flexibility index (Phi) is 8.97. The third-order valence-corrected chi connectivity index (χ3v) is 7.03. The van der Waals surface area contributed by atoms with Crippen molar-refractivity contribution in [1.82, 2.24) is 10.2 Å². The fourth-order valence-electron chi connectivity index (χ4n) is 3.00. The van der Waals surface area contributed by atoms with Gasteiger partial charge in [0.1, 0.15) is 5.02 Å². The van der Waals surface area contributed by atoms with Crippen LogP contribution in [-0.4, -0.2) is 32.7 Å². The van der Waals surface area contributed by atoms with Crippen molar-refractivity contribution in [2.45, 2.75) is 37.4 Å². The molecule has 3 rings (SSSR count). The predicted octanol–water partition coefficient (Wildman–Crippen LogP) is 5.73. The van der Waals surface area contributed by atoms with E-state index in [4.69, 9.17) is 11.6 Å². The lowest BCUT2D eigenvalue weighted by Crippen LogP contribution is -2.14. The van der Waals surface area contributed by atoms with Crippen LogP contribution in [0.5, 0.6) is 0 Å². The fourth-order valence-corrected chi connectivity index (χ4v) is 4.73. The molecule has 0 saturated carbocycles. The van der Waals surface area contributed by atoms with Crippen LogP contribution in [0, 0.1) is 17.0 Å². The van der Waals surface area contributed by atoms with Crippen molar-refractivity contribution in [2.24, 2.45) is 0 Å². The molecule has 1 heterocycles. The minimum atomic E-state index is -0.661. The number of aryl methyl sites for hydroxylation is 2. The summed E-state index contributed by atoms with van der Waals surface area (Å²) >= 11 is 8.07. The third-order valence-electron chi connectivity index (χ3n) is 4.74. The van der Waals surface area contributed by atoms with Crippen LogP contribution in [0.2, 0.25) is 5.02 Å². The number of nitrogens with one attached hydrogen (secondary N) is 2. The highest BCUT2D eigenvalue weighted by atomic mass is 35.5. The molecule has 12 heteroatoms. The SMILES string of the molecule is CCCCc1ccc(NC(=O)CSc2nnc(NC(=O)c3ccc(Cl)c([N+](=O)[O-])c3)s2)c(C)c1. The second kappa shape index (κ2) is 11.9. The Morgan fingerprint density at radius 3 is 2.68 bits per heavy atom. The van der Waals surface area contributed by atoms with Crippen LogP contribution in [-0.2, 0) is 11.2 Å². The zero-order valence-electron chi connectivity index (χ0n) is 18.5. The van der Waals surface area contributed by atoms with E-state index in [0.717, 1.165) is 47.9 Å². The van der Waals surface area contributed by atoms with Crippen LogP contribution in [0.3, 0.4) is 0 Å². The second-order valence-corrected chi connectivity index (χ2v) is 9.95. The van der Waals surface area contributed by atoms with E-state index in [1.807, 2.05) is 19.1 Å². The molecule has 0 unspecified atom stereocenters. The van der Waals surface area contributed by atoms with Crippen LogP contribution in [0.25, 0.3) is 0 Å². The smallest absolute Gasteiger partial charge is 0.288 e. The molecule has 0 saturated heterocycles. The molecule has 0 bridgehead atoms. The van der Waals surface area contributed by atoms with Gasteiger partial charge in [0.2, 0.25) is 11.0 Å². The standard InChI is InChI=1S/C22H22ClN5O4S2/c1-3-4-5-14-6-9-17(13(2)10-14)24-19(29)12-33-22-27-26-21(34-22)25-20(30)15-7-8-16(23)18(11-15)28(31)32/h6-11H,3-5,12H2,1-2H3,(H,24,29)(H,25,26,30). The molecule has 2 amide bonds. The van der Waals surface area contributed by atoms with Crippen LogP contribution in [0.15, 0.2) is 40.7 Å². The number of benzene rings is 2. The normalized spacial score (nSPS) is 10.7. The molecule has 2 aromatic carbocycles. The first-order valence-corrected chi connectivity index (χ1v) is 12.6. The van der Waals surface area contributed by atoms with Crippen molar-refractivity contribution in [3.05, 3.63) is 68.2 Å². The Hall–Kier alpha value is -3.02. The lowest BCUT2D eigenvalue weighted by molar-refractivity contribution is -0.384. The first-order chi connectivity index (χ1) is 16.3. The summed E-state index contributed by atoms with van der Waals surface area (Å²) in [5.41, 5.74) is 2.74. The molecule has 0 aliphatic carbocycles. The minimum absolute atomic E-state index is 0.0583. The number of halogens is 1. The summed E-state index contributed by atoms with van der Waals surface area (Å²) in [5.74, 6) is -0.630. The Morgan fingerprint density at radius 2 is 1.97 bits per heavy atom. The number of carbonyl (C=O) groups excluding carboxylic acids is 2. The van der Waals surface area contributed by atoms with Crippen LogP contribution in [0.4, 0.5) is 16.5 Å². The fraction of sp³-hybridized carbons (Fsp3) is 0.273. The van der Waals surface area contributed by atoms with Gasteiger partial charge in [-0.1, -0.05) is 60.2 Å². The zero-order chi connectivity index (χ0) is 24.7. The van der Waals surface area contributed by atoms with Crippen molar-refractivity contribution in [3.8, 4) is 0 Å². The minimum Gasteiger partial charge on any atom is -0.325 e. The maximum absolute atomic E-state index is 12.4. The van der Waals surface area contributed by atoms with Gasteiger partial charge in [-0.2, -0.15) is 0 Å². The molecule has 3 aromatic rings. The number of hydrogen-bond acceptors (Lipinski definition) is 8. The third kappa shape index (κ3) is 6.99. The molecule has 34 heavy (non-hydrogen) atoms. The molecule has 0 aliphatic heterocycles. The van der Waals surface area contributed by atoms with Crippen molar-refractivity contribution in [1.29, 1.82) is 0 Å². The molecule has 0 aliphatic rings. The van der Waals surface area contributed by atoms with E-state index in [2.05, 4.69) is 33.8 Å². The molecular formula is C22H22ClN5O4S2. The molecule has 0 spiro atoms. The first kappa shape index (κ1) is 25.6. The van der Waals surface area contributed by atoms with Crippen molar-refractivity contribution in [3.63, 3.8) is 0 Å². The molecule has 0 radical (unpaired) electrons. The number of rotatable bonds is 10. The van der Waals surface area contributed by atoms with Gasteiger partial charge in [-0.15, -0.1) is 10.2 Å². The lowest BCUT2D eigenvalue weighted by Gasteiger charge is -2.10. The monoisotopic (exact) mass is 519 g/mol. The van der Waals surface area contributed by atoms with E-state index in [-0.39, 0.29) is 33.1 Å². The highest BCUT2D eigenvalue weighted by Gasteiger charge is 2.18. The number of nitro groups is 1. The van der Waals surface area contributed by atoms with Gasteiger partial charge in [-0.25, -0.2) is 0 Å². The topological polar surface area (TPSA) is 127 Å². The number of nitrogens with zero attached hydrogens (tertiary/aromatic N) is 3. The van der Waals surface area contributed by atoms with Gasteiger partial charge in [0.25, 0.3) is 11.6 Å². The van der Waals surface area contributed by atoms with E-state index in [1.165, 1.54) is 29.5 Å². The van der Waals surface area contributed by atoms with Gasteiger partial charge in [0.05, 0.1) is 10.7 Å². The lowest BCUT2D eigenvalue weighted by atomic mass is 10.0. The van der Waals surface area contributed by atoms with Gasteiger partial charge in [0, 0.05) is 17.3 Å². The largest absolute Gasteiger partial charge is 0.325 e. The van der Waals surface area contributed by atoms with E-state index >= 15 is 0 Å². The maximum Gasteiger partial charge on any atom is 0.288 e. The summed E-state index contributed by atoms with van der Waals surface area (Å²) in [5, 5.41) is 24.5. The number of nitro benzene ring substituents is 1. The van der Waals surface area contributed by atoms with Crippen LogP contribution >= 0.6 is 34.7 Å². The quantitative estimate of drug-likeness (QED) is 0.151.